The molecule has 1 saturated heterocycles. The molecule has 3 aromatic rings. The van der Waals surface area contributed by atoms with Gasteiger partial charge in [-0.2, -0.15) is 0 Å². The van der Waals surface area contributed by atoms with Crippen molar-refractivity contribution in [1.82, 2.24) is 5.32 Å². The lowest BCUT2D eigenvalue weighted by molar-refractivity contribution is -0.0430. The molecule has 0 amide bonds. The molecule has 3 aromatic carbocycles. The van der Waals surface area contributed by atoms with E-state index in [0.29, 0.717) is 24.5 Å². The molecule has 0 aliphatic carbocycles. The van der Waals surface area contributed by atoms with Crippen molar-refractivity contribution in [3.8, 4) is 16.9 Å². The first kappa shape index (κ1) is 17.7. The molecule has 2 unspecified atom stereocenters. The number of ether oxygens (including phenoxy) is 2. The lowest BCUT2D eigenvalue weighted by atomic mass is 10.0. The topological polar surface area (TPSA) is 30.5 Å². The molecule has 4 heteroatoms. The SMILES string of the molecule is Fc1ccccc1-c1ccccc1OC(c1ccccc1)C1CNCCO1. The van der Waals surface area contributed by atoms with Crippen LogP contribution in [0.15, 0.2) is 78.9 Å². The van der Waals surface area contributed by atoms with Gasteiger partial charge in [0.05, 0.1) is 6.61 Å². The van der Waals surface area contributed by atoms with Crippen LogP contribution < -0.4 is 10.1 Å². The fourth-order valence-electron chi connectivity index (χ4n) is 3.39. The lowest BCUT2D eigenvalue weighted by Gasteiger charge is -2.32. The van der Waals surface area contributed by atoms with Crippen LogP contribution in [0.5, 0.6) is 5.75 Å². The van der Waals surface area contributed by atoms with Gasteiger partial charge in [-0.1, -0.05) is 66.7 Å². The largest absolute Gasteiger partial charge is 0.482 e. The number of halogens is 1. The van der Waals surface area contributed by atoms with Gasteiger partial charge in [0.2, 0.25) is 0 Å². The summed E-state index contributed by atoms with van der Waals surface area (Å²) >= 11 is 0. The van der Waals surface area contributed by atoms with Crippen molar-refractivity contribution in [2.75, 3.05) is 19.7 Å². The fourth-order valence-corrected chi connectivity index (χ4v) is 3.39. The molecular weight excluding hydrogens is 341 g/mol. The highest BCUT2D eigenvalue weighted by molar-refractivity contribution is 5.70. The number of benzene rings is 3. The Morgan fingerprint density at radius 2 is 1.59 bits per heavy atom. The number of hydrogen-bond donors (Lipinski definition) is 1. The van der Waals surface area contributed by atoms with Crippen LogP contribution in [0.2, 0.25) is 0 Å². The molecule has 1 aliphatic rings. The van der Waals surface area contributed by atoms with Gasteiger partial charge in [-0.05, 0) is 17.7 Å². The van der Waals surface area contributed by atoms with Crippen LogP contribution in [-0.2, 0) is 4.74 Å². The van der Waals surface area contributed by atoms with Crippen molar-refractivity contribution in [2.45, 2.75) is 12.2 Å². The molecule has 1 fully saturated rings. The molecule has 4 rings (SSSR count). The summed E-state index contributed by atoms with van der Waals surface area (Å²) < 4.78 is 26.8. The average molecular weight is 363 g/mol. The highest BCUT2D eigenvalue weighted by Gasteiger charge is 2.28. The van der Waals surface area contributed by atoms with Gasteiger partial charge in [-0.25, -0.2) is 4.39 Å². The van der Waals surface area contributed by atoms with Crippen molar-refractivity contribution in [1.29, 1.82) is 0 Å². The molecule has 0 bridgehead atoms. The maximum absolute atomic E-state index is 14.4. The Kier molecular flexibility index (Phi) is 5.47. The van der Waals surface area contributed by atoms with Crippen LogP contribution in [0, 0.1) is 5.82 Å². The van der Waals surface area contributed by atoms with E-state index in [1.54, 1.807) is 12.1 Å². The maximum Gasteiger partial charge on any atom is 0.151 e. The first-order valence-corrected chi connectivity index (χ1v) is 9.21. The van der Waals surface area contributed by atoms with Crippen LogP contribution in [0.25, 0.3) is 11.1 Å². The first-order chi connectivity index (χ1) is 13.3. The Morgan fingerprint density at radius 3 is 2.33 bits per heavy atom. The van der Waals surface area contributed by atoms with E-state index >= 15 is 0 Å². The molecule has 0 radical (unpaired) electrons. The molecule has 0 aromatic heterocycles. The Bertz CT molecular complexity index is 878. The molecule has 1 N–H and O–H groups in total. The van der Waals surface area contributed by atoms with Gasteiger partial charge in [0.25, 0.3) is 0 Å². The third kappa shape index (κ3) is 4.02. The number of para-hydroxylation sites is 1. The Morgan fingerprint density at radius 1 is 0.889 bits per heavy atom. The minimum atomic E-state index is -0.285. The number of nitrogens with one attached hydrogen (secondary N) is 1. The van der Waals surface area contributed by atoms with E-state index < -0.39 is 0 Å². The Balaban J connectivity index is 1.71. The van der Waals surface area contributed by atoms with E-state index in [9.17, 15) is 4.39 Å². The minimum absolute atomic E-state index is 0.116. The van der Waals surface area contributed by atoms with Crippen molar-refractivity contribution in [3.63, 3.8) is 0 Å². The van der Waals surface area contributed by atoms with Crippen molar-refractivity contribution in [2.24, 2.45) is 0 Å². The Labute approximate surface area is 158 Å². The van der Waals surface area contributed by atoms with Crippen LogP contribution in [0.4, 0.5) is 4.39 Å². The minimum Gasteiger partial charge on any atom is -0.482 e. The van der Waals surface area contributed by atoms with Crippen LogP contribution >= 0.6 is 0 Å². The van der Waals surface area contributed by atoms with E-state index in [1.807, 2.05) is 60.7 Å². The normalized spacial score (nSPS) is 18.0. The molecule has 2 atom stereocenters. The third-order valence-electron chi connectivity index (χ3n) is 4.73. The summed E-state index contributed by atoms with van der Waals surface area (Å²) in [6.07, 6.45) is -0.401. The molecule has 3 nitrogen and oxygen atoms in total. The molecular formula is C23H22FNO2. The van der Waals surface area contributed by atoms with Crippen molar-refractivity contribution >= 4 is 0 Å². The highest BCUT2D eigenvalue weighted by atomic mass is 19.1. The predicted octanol–water partition coefficient (Wildman–Crippen LogP) is 4.60. The summed E-state index contributed by atoms with van der Waals surface area (Å²) in [4.78, 5) is 0. The van der Waals surface area contributed by atoms with Gasteiger partial charge in [0.1, 0.15) is 17.7 Å². The molecule has 1 heterocycles. The van der Waals surface area contributed by atoms with E-state index in [1.165, 1.54) is 6.07 Å². The zero-order valence-corrected chi connectivity index (χ0v) is 15.0. The molecule has 138 valence electrons. The number of rotatable bonds is 5. The third-order valence-corrected chi connectivity index (χ3v) is 4.73. The molecule has 0 saturated carbocycles. The van der Waals surface area contributed by atoms with Crippen LogP contribution in [0.3, 0.4) is 0 Å². The zero-order valence-electron chi connectivity index (χ0n) is 15.0. The monoisotopic (exact) mass is 363 g/mol. The predicted molar refractivity (Wildman–Crippen MR) is 104 cm³/mol. The van der Waals surface area contributed by atoms with E-state index in [2.05, 4.69) is 5.32 Å². The smallest absolute Gasteiger partial charge is 0.151 e. The van der Waals surface area contributed by atoms with E-state index in [0.717, 1.165) is 17.7 Å². The standard InChI is InChI=1S/C23H22FNO2/c24-20-12-6-4-10-18(20)19-11-5-7-13-21(19)27-23(17-8-2-1-3-9-17)22-16-25-14-15-26-22/h1-13,22-23,25H,14-16H2. The molecule has 0 spiro atoms. The van der Waals surface area contributed by atoms with Crippen LogP contribution in [0.1, 0.15) is 11.7 Å². The quantitative estimate of drug-likeness (QED) is 0.719. The van der Waals surface area contributed by atoms with Crippen LogP contribution in [-0.4, -0.2) is 25.8 Å². The summed E-state index contributed by atoms with van der Waals surface area (Å²) in [6.45, 7) is 2.19. The highest BCUT2D eigenvalue weighted by Crippen LogP contribution is 2.35. The van der Waals surface area contributed by atoms with Crippen molar-refractivity contribution < 1.29 is 13.9 Å². The summed E-state index contributed by atoms with van der Waals surface area (Å²) in [5, 5.41) is 3.36. The van der Waals surface area contributed by atoms with Crippen molar-refractivity contribution in [3.05, 3.63) is 90.2 Å². The summed E-state index contributed by atoms with van der Waals surface area (Å²) in [5.41, 5.74) is 2.30. The Hall–Kier alpha value is -2.69. The second-order valence-electron chi connectivity index (χ2n) is 6.54. The van der Waals surface area contributed by atoms with Gasteiger partial charge >= 0.3 is 0 Å². The van der Waals surface area contributed by atoms with Gasteiger partial charge < -0.3 is 14.8 Å². The average Bonchev–Trinajstić information content (AvgIpc) is 2.74. The number of hydrogen-bond acceptors (Lipinski definition) is 3. The number of morpholine rings is 1. The second kappa shape index (κ2) is 8.33. The maximum atomic E-state index is 14.4. The van der Waals surface area contributed by atoms with Gasteiger partial charge in [-0.15, -0.1) is 0 Å². The zero-order chi connectivity index (χ0) is 18.5. The lowest BCUT2D eigenvalue weighted by Crippen LogP contribution is -2.43. The second-order valence-corrected chi connectivity index (χ2v) is 6.54. The first-order valence-electron chi connectivity index (χ1n) is 9.21. The van der Waals surface area contributed by atoms with Gasteiger partial charge in [-0.3, -0.25) is 0 Å². The summed E-state index contributed by atoms with van der Waals surface area (Å²) in [5.74, 6) is 0.381. The summed E-state index contributed by atoms with van der Waals surface area (Å²) in [7, 11) is 0. The van der Waals surface area contributed by atoms with Gasteiger partial charge in [0, 0.05) is 24.2 Å². The molecule has 27 heavy (non-hydrogen) atoms. The van der Waals surface area contributed by atoms with E-state index in [4.69, 9.17) is 9.47 Å². The fraction of sp³-hybridized carbons (Fsp3) is 0.217. The summed E-state index contributed by atoms with van der Waals surface area (Å²) in [6, 6.07) is 24.4. The molecule has 1 aliphatic heterocycles. The van der Waals surface area contributed by atoms with Gasteiger partial charge in [0.15, 0.2) is 6.10 Å². The van der Waals surface area contributed by atoms with E-state index in [-0.39, 0.29) is 18.0 Å².